The van der Waals surface area contributed by atoms with E-state index in [4.69, 9.17) is 4.74 Å². The zero-order valence-corrected chi connectivity index (χ0v) is 9.87. The Morgan fingerprint density at radius 3 is 2.62 bits per heavy atom. The Morgan fingerprint density at radius 2 is 2.00 bits per heavy atom. The van der Waals surface area contributed by atoms with E-state index in [0.717, 1.165) is 25.3 Å². The van der Waals surface area contributed by atoms with Crippen molar-refractivity contribution in [3.8, 4) is 5.75 Å². The first kappa shape index (κ1) is 10.8. The molecule has 2 nitrogen and oxygen atoms in total. The summed E-state index contributed by atoms with van der Waals surface area (Å²) in [6.45, 7) is 1.78. The van der Waals surface area contributed by atoms with Crippen LogP contribution in [0.1, 0.15) is 6.42 Å². The van der Waals surface area contributed by atoms with Crippen LogP contribution < -0.4 is 10.1 Å². The summed E-state index contributed by atoms with van der Waals surface area (Å²) in [5.41, 5.74) is 0. The molecule has 0 aliphatic rings. The molecule has 0 fully saturated rings. The van der Waals surface area contributed by atoms with Crippen LogP contribution in [0.15, 0.2) is 24.3 Å². The Morgan fingerprint density at radius 1 is 1.31 bits per heavy atom. The van der Waals surface area contributed by atoms with E-state index in [9.17, 15) is 0 Å². The van der Waals surface area contributed by atoms with Crippen molar-refractivity contribution < 1.29 is 4.74 Å². The fourth-order valence-corrected chi connectivity index (χ4v) is 1.33. The largest absolute Gasteiger partial charge is 0.494 e. The molecule has 0 heterocycles. The van der Waals surface area contributed by atoms with Gasteiger partial charge in [-0.2, -0.15) is 0 Å². The van der Waals surface area contributed by atoms with Gasteiger partial charge in [0.15, 0.2) is 0 Å². The first-order valence-electron chi connectivity index (χ1n) is 4.36. The SMILES string of the molecule is CNCCCOc1ccc(I)cc1. The monoisotopic (exact) mass is 291 g/mol. The molecule has 0 aliphatic heterocycles. The lowest BCUT2D eigenvalue weighted by molar-refractivity contribution is 0.310. The maximum Gasteiger partial charge on any atom is 0.119 e. The molecule has 0 aromatic heterocycles. The Bertz CT molecular complexity index is 235. The molecule has 0 aliphatic carbocycles. The zero-order valence-electron chi connectivity index (χ0n) is 7.72. The molecule has 0 saturated heterocycles. The van der Waals surface area contributed by atoms with Crippen molar-refractivity contribution in [1.29, 1.82) is 0 Å². The molecule has 0 bridgehead atoms. The highest BCUT2D eigenvalue weighted by Crippen LogP contribution is 2.13. The standard InChI is InChI=1S/C10H14INO/c1-12-7-2-8-13-10-5-3-9(11)4-6-10/h3-6,12H,2,7-8H2,1H3. The van der Waals surface area contributed by atoms with Gasteiger partial charge in [0.25, 0.3) is 0 Å². The summed E-state index contributed by atoms with van der Waals surface area (Å²) >= 11 is 2.28. The second-order valence-corrected chi connectivity index (χ2v) is 4.01. The van der Waals surface area contributed by atoms with Crippen LogP contribution in [0.2, 0.25) is 0 Å². The summed E-state index contributed by atoms with van der Waals surface area (Å²) in [7, 11) is 1.95. The van der Waals surface area contributed by atoms with Gasteiger partial charge in [0.05, 0.1) is 6.61 Å². The Balaban J connectivity index is 2.25. The van der Waals surface area contributed by atoms with E-state index in [0.29, 0.717) is 0 Å². The van der Waals surface area contributed by atoms with Gasteiger partial charge in [-0.25, -0.2) is 0 Å². The van der Waals surface area contributed by atoms with Crippen LogP contribution in [0.4, 0.5) is 0 Å². The average Bonchev–Trinajstić information content (AvgIpc) is 2.15. The van der Waals surface area contributed by atoms with Crippen molar-refractivity contribution in [2.45, 2.75) is 6.42 Å². The summed E-state index contributed by atoms with van der Waals surface area (Å²) in [6.07, 6.45) is 1.04. The summed E-state index contributed by atoms with van der Waals surface area (Å²) in [4.78, 5) is 0. The van der Waals surface area contributed by atoms with Crippen molar-refractivity contribution in [3.05, 3.63) is 27.8 Å². The number of benzene rings is 1. The molecule has 0 unspecified atom stereocenters. The first-order chi connectivity index (χ1) is 6.33. The van der Waals surface area contributed by atoms with Crippen LogP contribution in [0, 0.1) is 3.57 Å². The molecule has 0 amide bonds. The van der Waals surface area contributed by atoms with Gasteiger partial charge < -0.3 is 10.1 Å². The quantitative estimate of drug-likeness (QED) is 0.664. The Hall–Kier alpha value is -0.290. The highest BCUT2D eigenvalue weighted by atomic mass is 127. The molecule has 13 heavy (non-hydrogen) atoms. The third-order valence-corrected chi connectivity index (χ3v) is 2.37. The minimum absolute atomic E-state index is 0.779. The number of rotatable bonds is 5. The minimum atomic E-state index is 0.779. The highest BCUT2D eigenvalue weighted by molar-refractivity contribution is 14.1. The van der Waals surface area contributed by atoms with Crippen LogP contribution in [-0.4, -0.2) is 20.2 Å². The van der Waals surface area contributed by atoms with Crippen molar-refractivity contribution >= 4 is 22.6 Å². The zero-order chi connectivity index (χ0) is 9.52. The van der Waals surface area contributed by atoms with Crippen LogP contribution in [-0.2, 0) is 0 Å². The second kappa shape index (κ2) is 6.21. The first-order valence-corrected chi connectivity index (χ1v) is 5.44. The van der Waals surface area contributed by atoms with Crippen molar-refractivity contribution in [3.63, 3.8) is 0 Å². The number of hydrogen-bond acceptors (Lipinski definition) is 2. The molecule has 1 aromatic carbocycles. The molecular formula is C10H14INO. The molecule has 0 atom stereocenters. The topological polar surface area (TPSA) is 21.3 Å². The maximum atomic E-state index is 5.52. The van der Waals surface area contributed by atoms with Crippen molar-refractivity contribution in [2.24, 2.45) is 0 Å². The second-order valence-electron chi connectivity index (χ2n) is 2.76. The molecule has 0 spiro atoms. The number of halogens is 1. The van der Waals surface area contributed by atoms with E-state index >= 15 is 0 Å². The summed E-state index contributed by atoms with van der Waals surface area (Å²) < 4.78 is 6.76. The van der Waals surface area contributed by atoms with Crippen LogP contribution in [0.5, 0.6) is 5.75 Å². The van der Waals surface area contributed by atoms with Gasteiger partial charge >= 0.3 is 0 Å². The molecule has 3 heteroatoms. The minimum Gasteiger partial charge on any atom is -0.494 e. The van der Waals surface area contributed by atoms with Gasteiger partial charge in [-0.15, -0.1) is 0 Å². The van der Waals surface area contributed by atoms with Crippen molar-refractivity contribution in [2.75, 3.05) is 20.2 Å². The molecule has 0 radical (unpaired) electrons. The van der Waals surface area contributed by atoms with Gasteiger partial charge in [-0.1, -0.05) is 0 Å². The van der Waals surface area contributed by atoms with Gasteiger partial charge in [0, 0.05) is 3.57 Å². The van der Waals surface area contributed by atoms with Crippen LogP contribution in [0.25, 0.3) is 0 Å². The van der Waals surface area contributed by atoms with E-state index in [1.165, 1.54) is 3.57 Å². The van der Waals surface area contributed by atoms with Gasteiger partial charge in [0.2, 0.25) is 0 Å². The summed E-state index contributed by atoms with van der Waals surface area (Å²) in [6, 6.07) is 8.10. The third-order valence-electron chi connectivity index (χ3n) is 1.65. The Kier molecular flexibility index (Phi) is 5.15. The molecule has 1 N–H and O–H groups in total. The summed E-state index contributed by atoms with van der Waals surface area (Å²) in [5, 5.41) is 3.08. The lowest BCUT2D eigenvalue weighted by Crippen LogP contribution is -2.11. The van der Waals surface area contributed by atoms with E-state index < -0.39 is 0 Å². The molecular weight excluding hydrogens is 277 g/mol. The molecule has 0 saturated carbocycles. The van der Waals surface area contributed by atoms with Gasteiger partial charge in [-0.3, -0.25) is 0 Å². The van der Waals surface area contributed by atoms with Crippen LogP contribution >= 0.6 is 22.6 Å². The van der Waals surface area contributed by atoms with Crippen molar-refractivity contribution in [1.82, 2.24) is 5.32 Å². The molecule has 1 rings (SSSR count). The number of hydrogen-bond donors (Lipinski definition) is 1. The van der Waals surface area contributed by atoms with E-state index in [1.54, 1.807) is 0 Å². The highest BCUT2D eigenvalue weighted by Gasteiger charge is 1.92. The Labute approximate surface area is 92.8 Å². The van der Waals surface area contributed by atoms with Crippen LogP contribution in [0.3, 0.4) is 0 Å². The van der Waals surface area contributed by atoms with E-state index in [2.05, 4.69) is 27.9 Å². The molecule has 72 valence electrons. The fourth-order valence-electron chi connectivity index (χ4n) is 0.970. The number of ether oxygens (including phenoxy) is 1. The predicted octanol–water partition coefficient (Wildman–Crippen LogP) is 2.28. The van der Waals surface area contributed by atoms with E-state index in [-0.39, 0.29) is 0 Å². The lowest BCUT2D eigenvalue weighted by atomic mass is 10.3. The summed E-state index contributed by atoms with van der Waals surface area (Å²) in [5.74, 6) is 0.955. The predicted molar refractivity (Wildman–Crippen MR) is 63.2 cm³/mol. The van der Waals surface area contributed by atoms with Gasteiger partial charge in [-0.05, 0) is 66.9 Å². The third kappa shape index (κ3) is 4.47. The maximum absolute atomic E-state index is 5.52. The molecule has 1 aromatic rings. The fraction of sp³-hybridized carbons (Fsp3) is 0.400. The van der Waals surface area contributed by atoms with Gasteiger partial charge in [0.1, 0.15) is 5.75 Å². The van der Waals surface area contributed by atoms with E-state index in [1.807, 2.05) is 31.3 Å². The lowest BCUT2D eigenvalue weighted by Gasteiger charge is -2.05. The normalized spacial score (nSPS) is 10.0. The average molecular weight is 291 g/mol. The smallest absolute Gasteiger partial charge is 0.119 e. The number of nitrogens with one attached hydrogen (secondary N) is 1.